The Morgan fingerprint density at radius 1 is 0.947 bits per heavy atom. The van der Waals surface area contributed by atoms with Crippen LogP contribution in [-0.4, -0.2) is 0 Å². The third-order valence-corrected chi connectivity index (χ3v) is 3.86. The van der Waals surface area contributed by atoms with Gasteiger partial charge in [-0.1, -0.05) is 45.1 Å². The lowest BCUT2D eigenvalue weighted by Gasteiger charge is -2.24. The average molecular weight is 255 g/mol. The highest BCUT2D eigenvalue weighted by Crippen LogP contribution is 2.33. The molecule has 0 aliphatic heterocycles. The van der Waals surface area contributed by atoms with Gasteiger partial charge in [0.25, 0.3) is 0 Å². The van der Waals surface area contributed by atoms with E-state index in [2.05, 4.69) is 58.9 Å². The van der Waals surface area contributed by atoms with Crippen LogP contribution >= 0.6 is 0 Å². The molecule has 0 saturated heterocycles. The van der Waals surface area contributed by atoms with Gasteiger partial charge < -0.3 is 5.73 Å². The minimum atomic E-state index is 0.191. The van der Waals surface area contributed by atoms with Crippen LogP contribution in [-0.2, 0) is 5.41 Å². The zero-order chi connectivity index (χ0) is 14.2. The van der Waals surface area contributed by atoms with Crippen molar-refractivity contribution in [2.24, 2.45) is 5.73 Å². The summed E-state index contributed by atoms with van der Waals surface area (Å²) < 4.78 is 0. The highest BCUT2D eigenvalue weighted by molar-refractivity contribution is 5.82. The fourth-order valence-corrected chi connectivity index (χ4v) is 2.76. The molecule has 0 radical (unpaired) electrons. The Hall–Kier alpha value is -1.50. The van der Waals surface area contributed by atoms with Crippen molar-refractivity contribution in [1.82, 2.24) is 0 Å². The minimum Gasteiger partial charge on any atom is -0.398 e. The molecule has 1 aromatic carbocycles. The zero-order valence-electron chi connectivity index (χ0n) is 12.8. The molecule has 0 spiro atoms. The van der Waals surface area contributed by atoms with E-state index in [-0.39, 0.29) is 5.41 Å². The van der Waals surface area contributed by atoms with E-state index in [1.807, 2.05) is 0 Å². The maximum Gasteiger partial charge on any atom is 0.0350 e. The molecule has 0 heterocycles. The molecular weight excluding hydrogens is 230 g/mol. The van der Waals surface area contributed by atoms with Gasteiger partial charge in [0, 0.05) is 11.3 Å². The van der Waals surface area contributed by atoms with Crippen molar-refractivity contribution in [3.8, 4) is 0 Å². The number of hydrogen-bond acceptors (Lipinski definition) is 1. The third kappa shape index (κ3) is 2.75. The van der Waals surface area contributed by atoms with E-state index in [0.717, 1.165) is 18.5 Å². The Morgan fingerprint density at radius 2 is 1.47 bits per heavy atom. The van der Waals surface area contributed by atoms with Gasteiger partial charge in [-0.2, -0.15) is 0 Å². The first kappa shape index (κ1) is 13.9. The minimum absolute atomic E-state index is 0.191. The van der Waals surface area contributed by atoms with E-state index in [0.29, 0.717) is 0 Å². The normalized spacial score (nSPS) is 16.1. The van der Waals surface area contributed by atoms with Crippen molar-refractivity contribution in [3.63, 3.8) is 0 Å². The highest BCUT2D eigenvalue weighted by Gasteiger charge is 2.19. The van der Waals surface area contributed by atoms with E-state index in [1.54, 1.807) is 0 Å². The zero-order valence-corrected chi connectivity index (χ0v) is 12.8. The standard InChI is InChI=1S/C18H25N/c1-12-10-14(18(3,4)5)11-13(2)17(12)15-8-6-7-9-16(15)19/h8-11H,6-7,19H2,1-5H3. The molecule has 0 bridgehead atoms. The van der Waals surface area contributed by atoms with Gasteiger partial charge in [-0.25, -0.2) is 0 Å². The Labute approximate surface area is 117 Å². The second-order valence-electron chi connectivity index (χ2n) is 6.59. The van der Waals surface area contributed by atoms with Crippen LogP contribution < -0.4 is 5.73 Å². The molecule has 0 saturated carbocycles. The van der Waals surface area contributed by atoms with Gasteiger partial charge in [0.15, 0.2) is 0 Å². The molecule has 0 fully saturated rings. The fraction of sp³-hybridized carbons (Fsp3) is 0.444. The Morgan fingerprint density at radius 3 is 1.95 bits per heavy atom. The second-order valence-corrected chi connectivity index (χ2v) is 6.59. The Balaban J connectivity index is 2.55. The van der Waals surface area contributed by atoms with Crippen LogP contribution in [0.25, 0.3) is 5.57 Å². The quantitative estimate of drug-likeness (QED) is 0.778. The molecule has 1 aliphatic carbocycles. The topological polar surface area (TPSA) is 26.0 Å². The molecule has 1 heteroatoms. The van der Waals surface area contributed by atoms with Gasteiger partial charge in [0.2, 0.25) is 0 Å². The second kappa shape index (κ2) is 4.88. The van der Waals surface area contributed by atoms with Gasteiger partial charge in [-0.15, -0.1) is 0 Å². The molecule has 0 unspecified atom stereocenters. The molecule has 19 heavy (non-hydrogen) atoms. The summed E-state index contributed by atoms with van der Waals surface area (Å²) in [5.74, 6) is 0. The van der Waals surface area contributed by atoms with Gasteiger partial charge in [0.05, 0.1) is 0 Å². The van der Waals surface area contributed by atoms with E-state index in [1.165, 1.54) is 27.8 Å². The highest BCUT2D eigenvalue weighted by atomic mass is 14.6. The van der Waals surface area contributed by atoms with Crippen molar-refractivity contribution in [1.29, 1.82) is 0 Å². The first-order valence-electron chi connectivity index (χ1n) is 7.09. The van der Waals surface area contributed by atoms with Crippen molar-refractivity contribution in [2.45, 2.75) is 52.9 Å². The summed E-state index contributed by atoms with van der Waals surface area (Å²) in [4.78, 5) is 0. The lowest BCUT2D eigenvalue weighted by molar-refractivity contribution is 0.589. The molecule has 2 rings (SSSR count). The maximum absolute atomic E-state index is 6.17. The summed E-state index contributed by atoms with van der Waals surface area (Å²) in [6.45, 7) is 11.2. The van der Waals surface area contributed by atoms with Crippen LogP contribution in [0.1, 0.15) is 55.9 Å². The van der Waals surface area contributed by atoms with Gasteiger partial charge in [-0.3, -0.25) is 0 Å². The van der Waals surface area contributed by atoms with Crippen LogP contribution in [0.5, 0.6) is 0 Å². The summed E-state index contributed by atoms with van der Waals surface area (Å²) in [7, 11) is 0. The lowest BCUT2D eigenvalue weighted by atomic mass is 9.81. The number of aryl methyl sites for hydroxylation is 2. The predicted molar refractivity (Wildman–Crippen MR) is 84.1 cm³/mol. The first-order chi connectivity index (χ1) is 8.80. The van der Waals surface area contributed by atoms with Crippen molar-refractivity contribution in [3.05, 3.63) is 52.2 Å². The number of benzene rings is 1. The van der Waals surface area contributed by atoms with Crippen LogP contribution in [0, 0.1) is 13.8 Å². The molecule has 0 atom stereocenters. The van der Waals surface area contributed by atoms with Crippen molar-refractivity contribution >= 4 is 5.57 Å². The summed E-state index contributed by atoms with van der Waals surface area (Å²) >= 11 is 0. The summed E-state index contributed by atoms with van der Waals surface area (Å²) in [5.41, 5.74) is 13.9. The number of nitrogens with two attached hydrogens (primary N) is 1. The molecule has 102 valence electrons. The number of allylic oxidation sites excluding steroid dienone is 3. The van der Waals surface area contributed by atoms with Crippen LogP contribution in [0.15, 0.2) is 30.0 Å². The monoisotopic (exact) mass is 255 g/mol. The molecule has 2 N–H and O–H groups in total. The van der Waals surface area contributed by atoms with Crippen LogP contribution in [0.4, 0.5) is 0 Å². The first-order valence-corrected chi connectivity index (χ1v) is 7.09. The molecule has 1 aromatic rings. The molecule has 1 aliphatic rings. The Bertz CT molecular complexity index is 531. The Kier molecular flexibility index (Phi) is 3.58. The summed E-state index contributed by atoms with van der Waals surface area (Å²) in [5, 5.41) is 0. The third-order valence-electron chi connectivity index (χ3n) is 3.86. The fourth-order valence-electron chi connectivity index (χ4n) is 2.76. The van der Waals surface area contributed by atoms with Crippen LogP contribution in [0.3, 0.4) is 0 Å². The van der Waals surface area contributed by atoms with Gasteiger partial charge in [-0.05, 0) is 54.4 Å². The van der Waals surface area contributed by atoms with Crippen LogP contribution in [0.2, 0.25) is 0 Å². The molecule has 1 nitrogen and oxygen atoms in total. The van der Waals surface area contributed by atoms with E-state index in [4.69, 9.17) is 5.73 Å². The molecular formula is C18H25N. The molecule has 0 amide bonds. The predicted octanol–water partition coefficient (Wildman–Crippen LogP) is 4.62. The van der Waals surface area contributed by atoms with Crippen molar-refractivity contribution < 1.29 is 0 Å². The lowest BCUT2D eigenvalue weighted by Crippen LogP contribution is -2.13. The van der Waals surface area contributed by atoms with E-state index in [9.17, 15) is 0 Å². The largest absolute Gasteiger partial charge is 0.398 e. The average Bonchev–Trinajstić information content (AvgIpc) is 2.29. The molecule has 0 aromatic heterocycles. The van der Waals surface area contributed by atoms with Gasteiger partial charge in [0.1, 0.15) is 0 Å². The van der Waals surface area contributed by atoms with Gasteiger partial charge >= 0.3 is 0 Å². The number of rotatable bonds is 1. The smallest absolute Gasteiger partial charge is 0.0350 e. The van der Waals surface area contributed by atoms with Crippen molar-refractivity contribution in [2.75, 3.05) is 0 Å². The summed E-state index contributed by atoms with van der Waals surface area (Å²) in [6.07, 6.45) is 6.58. The maximum atomic E-state index is 6.17. The SMILES string of the molecule is Cc1cc(C(C)(C)C)cc(C)c1C1=CCCC=C1N. The number of hydrogen-bond donors (Lipinski definition) is 1. The summed E-state index contributed by atoms with van der Waals surface area (Å²) in [6, 6.07) is 4.62. The van der Waals surface area contributed by atoms with E-state index < -0.39 is 0 Å². The van der Waals surface area contributed by atoms with E-state index >= 15 is 0 Å².